The van der Waals surface area contributed by atoms with Crippen LogP contribution < -0.4 is 5.32 Å². The van der Waals surface area contributed by atoms with Gasteiger partial charge in [-0.05, 0) is 37.0 Å². The molecule has 0 aromatic heterocycles. The highest BCUT2D eigenvalue weighted by atomic mass is 15.2. The van der Waals surface area contributed by atoms with Crippen molar-refractivity contribution in [2.45, 2.75) is 38.6 Å². The maximum atomic E-state index is 3.68. The summed E-state index contributed by atoms with van der Waals surface area (Å²) >= 11 is 0. The van der Waals surface area contributed by atoms with Crippen molar-refractivity contribution < 1.29 is 0 Å². The summed E-state index contributed by atoms with van der Waals surface area (Å²) in [6.45, 7) is 7.62. The van der Waals surface area contributed by atoms with E-state index in [1.165, 1.54) is 51.9 Å². The van der Waals surface area contributed by atoms with Gasteiger partial charge in [0.2, 0.25) is 0 Å². The minimum Gasteiger partial charge on any atom is -0.311 e. The van der Waals surface area contributed by atoms with E-state index in [1.807, 2.05) is 0 Å². The molecule has 0 spiro atoms. The first-order valence-electron chi connectivity index (χ1n) is 6.21. The summed E-state index contributed by atoms with van der Waals surface area (Å²) < 4.78 is 0. The normalized spacial score (nSPS) is 37.1. The molecule has 2 heteroatoms. The molecule has 0 aromatic carbocycles. The molecule has 0 bridgehead atoms. The lowest BCUT2D eigenvalue weighted by molar-refractivity contribution is 0.162. The molecule has 0 radical (unpaired) electrons. The fraction of sp³-hybridized carbons (Fsp3) is 1.00. The van der Waals surface area contributed by atoms with Gasteiger partial charge in [-0.2, -0.15) is 0 Å². The Balaban J connectivity index is 1.52. The molecule has 1 unspecified atom stereocenters. The van der Waals surface area contributed by atoms with Gasteiger partial charge in [0.1, 0.15) is 0 Å². The summed E-state index contributed by atoms with van der Waals surface area (Å²) in [4.78, 5) is 2.70. The number of hydrogen-bond acceptors (Lipinski definition) is 2. The smallest absolute Gasteiger partial charge is 0.0223 e. The van der Waals surface area contributed by atoms with Gasteiger partial charge in [0.25, 0.3) is 0 Å². The Kier molecular flexibility index (Phi) is 2.10. The molecule has 0 amide bonds. The number of piperazine rings is 1. The van der Waals surface area contributed by atoms with E-state index in [1.54, 1.807) is 0 Å². The Hall–Kier alpha value is -0.0800. The van der Waals surface area contributed by atoms with Crippen molar-refractivity contribution in [1.82, 2.24) is 10.2 Å². The molecule has 2 nitrogen and oxygen atoms in total. The molecule has 1 atom stereocenters. The van der Waals surface area contributed by atoms with Crippen LogP contribution in [0, 0.1) is 11.3 Å². The lowest BCUT2D eigenvalue weighted by Gasteiger charge is -2.35. The van der Waals surface area contributed by atoms with Crippen LogP contribution in [0.1, 0.15) is 32.6 Å². The molecule has 3 fully saturated rings. The highest BCUT2D eigenvalue weighted by Crippen LogP contribution is 2.45. The fourth-order valence-electron chi connectivity index (χ4n) is 2.71. The zero-order valence-electron chi connectivity index (χ0n) is 9.26. The van der Waals surface area contributed by atoms with Crippen LogP contribution in [0.3, 0.4) is 0 Å². The lowest BCUT2D eigenvalue weighted by Crippen LogP contribution is -2.52. The molecule has 1 saturated heterocycles. The number of nitrogens with zero attached hydrogens (tertiary/aromatic N) is 1. The maximum Gasteiger partial charge on any atom is 0.0223 e. The molecular formula is C12H22N2. The average molecular weight is 194 g/mol. The first-order chi connectivity index (χ1) is 6.75. The summed E-state index contributed by atoms with van der Waals surface area (Å²) in [5, 5.41) is 3.68. The minimum absolute atomic E-state index is 0.700. The average Bonchev–Trinajstić information content (AvgIpc) is 3.01. The van der Waals surface area contributed by atoms with E-state index in [2.05, 4.69) is 17.1 Å². The standard InChI is InChI=1S/C12H22N2/c1-12(4-5-12)9-14-7-6-13-11(8-14)10-2-3-10/h10-11,13H,2-9H2,1H3. The fourth-order valence-corrected chi connectivity index (χ4v) is 2.71. The first-order valence-corrected chi connectivity index (χ1v) is 6.21. The second-order valence-corrected chi connectivity index (χ2v) is 5.94. The highest BCUT2D eigenvalue weighted by Gasteiger charge is 2.41. The molecule has 0 aromatic rings. The van der Waals surface area contributed by atoms with E-state index < -0.39 is 0 Å². The van der Waals surface area contributed by atoms with Gasteiger partial charge >= 0.3 is 0 Å². The third-order valence-corrected chi connectivity index (χ3v) is 4.19. The maximum absolute atomic E-state index is 3.68. The SMILES string of the molecule is CC1(CN2CCNC(C3CC3)C2)CC1. The second kappa shape index (κ2) is 3.21. The Morgan fingerprint density at radius 1 is 1.36 bits per heavy atom. The Labute approximate surface area is 87.0 Å². The molecule has 1 heterocycles. The van der Waals surface area contributed by atoms with Crippen LogP contribution in [-0.2, 0) is 0 Å². The van der Waals surface area contributed by atoms with E-state index in [0.29, 0.717) is 5.41 Å². The second-order valence-electron chi connectivity index (χ2n) is 5.94. The minimum atomic E-state index is 0.700. The van der Waals surface area contributed by atoms with Crippen LogP contribution in [0.4, 0.5) is 0 Å². The van der Waals surface area contributed by atoms with Gasteiger partial charge in [-0.3, -0.25) is 4.90 Å². The zero-order valence-corrected chi connectivity index (χ0v) is 9.26. The van der Waals surface area contributed by atoms with Gasteiger partial charge in [-0.15, -0.1) is 0 Å². The van der Waals surface area contributed by atoms with Crippen molar-refractivity contribution in [2.75, 3.05) is 26.2 Å². The van der Waals surface area contributed by atoms with Gasteiger partial charge in [0, 0.05) is 32.2 Å². The summed E-state index contributed by atoms with van der Waals surface area (Å²) in [5.74, 6) is 1.02. The van der Waals surface area contributed by atoms with Gasteiger partial charge in [0.05, 0.1) is 0 Å². The summed E-state index contributed by atoms with van der Waals surface area (Å²) in [5.41, 5.74) is 0.700. The van der Waals surface area contributed by atoms with Crippen molar-refractivity contribution in [3.8, 4) is 0 Å². The third-order valence-electron chi connectivity index (χ3n) is 4.19. The van der Waals surface area contributed by atoms with Crippen molar-refractivity contribution in [3.63, 3.8) is 0 Å². The quantitative estimate of drug-likeness (QED) is 0.732. The largest absolute Gasteiger partial charge is 0.311 e. The Morgan fingerprint density at radius 2 is 2.14 bits per heavy atom. The molecule has 1 N–H and O–H groups in total. The Bertz CT molecular complexity index is 218. The van der Waals surface area contributed by atoms with Crippen LogP contribution >= 0.6 is 0 Å². The van der Waals surface area contributed by atoms with Crippen LogP contribution in [0.15, 0.2) is 0 Å². The van der Waals surface area contributed by atoms with Crippen molar-refractivity contribution in [2.24, 2.45) is 11.3 Å². The Morgan fingerprint density at radius 3 is 2.79 bits per heavy atom. The predicted octanol–water partition coefficient (Wildman–Crippen LogP) is 1.47. The number of rotatable bonds is 3. The zero-order chi connectivity index (χ0) is 9.60. The summed E-state index contributed by atoms with van der Waals surface area (Å²) in [6, 6.07) is 0.825. The van der Waals surface area contributed by atoms with Gasteiger partial charge in [-0.1, -0.05) is 6.92 Å². The first kappa shape index (κ1) is 9.17. The highest BCUT2D eigenvalue weighted by molar-refractivity contribution is 4.96. The van der Waals surface area contributed by atoms with Crippen molar-refractivity contribution in [1.29, 1.82) is 0 Å². The molecule has 3 rings (SSSR count). The molecule has 14 heavy (non-hydrogen) atoms. The molecule has 2 aliphatic carbocycles. The number of hydrogen-bond donors (Lipinski definition) is 1. The topological polar surface area (TPSA) is 15.3 Å². The van der Waals surface area contributed by atoms with Gasteiger partial charge in [-0.25, -0.2) is 0 Å². The summed E-state index contributed by atoms with van der Waals surface area (Å²) in [7, 11) is 0. The van der Waals surface area contributed by atoms with Crippen LogP contribution in [0.5, 0.6) is 0 Å². The van der Waals surface area contributed by atoms with Crippen LogP contribution in [-0.4, -0.2) is 37.1 Å². The summed E-state index contributed by atoms with van der Waals surface area (Å²) in [6.07, 6.45) is 5.88. The molecule has 3 aliphatic rings. The molecule has 80 valence electrons. The van der Waals surface area contributed by atoms with E-state index >= 15 is 0 Å². The number of nitrogens with one attached hydrogen (secondary N) is 1. The van der Waals surface area contributed by atoms with Crippen molar-refractivity contribution >= 4 is 0 Å². The van der Waals surface area contributed by atoms with Crippen LogP contribution in [0.25, 0.3) is 0 Å². The predicted molar refractivity (Wildman–Crippen MR) is 58.3 cm³/mol. The van der Waals surface area contributed by atoms with E-state index in [-0.39, 0.29) is 0 Å². The van der Waals surface area contributed by atoms with E-state index in [4.69, 9.17) is 0 Å². The van der Waals surface area contributed by atoms with E-state index in [0.717, 1.165) is 12.0 Å². The molecule has 1 aliphatic heterocycles. The van der Waals surface area contributed by atoms with E-state index in [9.17, 15) is 0 Å². The lowest BCUT2D eigenvalue weighted by atomic mass is 10.1. The van der Waals surface area contributed by atoms with Gasteiger partial charge < -0.3 is 5.32 Å². The monoisotopic (exact) mass is 194 g/mol. The van der Waals surface area contributed by atoms with Crippen LogP contribution in [0.2, 0.25) is 0 Å². The molecule has 2 saturated carbocycles. The van der Waals surface area contributed by atoms with Gasteiger partial charge in [0.15, 0.2) is 0 Å². The third kappa shape index (κ3) is 1.96. The van der Waals surface area contributed by atoms with Crippen molar-refractivity contribution in [3.05, 3.63) is 0 Å². The molecular weight excluding hydrogens is 172 g/mol.